The smallest absolute Gasteiger partial charge is 0.184 e. The second-order valence-electron chi connectivity index (χ2n) is 18.7. The number of nitrogens with zero attached hydrogens (tertiary/aromatic N) is 15. The molecule has 78 heavy (non-hydrogen) atoms. The van der Waals surface area contributed by atoms with Crippen molar-refractivity contribution in [2.45, 2.75) is 0 Å². The van der Waals surface area contributed by atoms with E-state index in [1.54, 1.807) is 37.2 Å². The molecule has 15 heteroatoms. The average Bonchev–Trinajstić information content (AvgIpc) is 3.66. The summed E-state index contributed by atoms with van der Waals surface area (Å²) in [5.74, 6) is 0.616. The fourth-order valence-electron chi connectivity index (χ4n) is 10.7. The van der Waals surface area contributed by atoms with Crippen molar-refractivity contribution >= 4 is 98.5 Å². The van der Waals surface area contributed by atoms with Crippen molar-refractivity contribution in [1.29, 1.82) is 0 Å². The molecular weight excluding hydrogens is 967 g/mol. The van der Waals surface area contributed by atoms with Crippen LogP contribution in [0, 0.1) is 0 Å². The first-order chi connectivity index (χ1) is 38.7. The van der Waals surface area contributed by atoms with Crippen LogP contribution >= 0.6 is 0 Å². The zero-order valence-electron chi connectivity index (χ0n) is 40.8. The van der Waals surface area contributed by atoms with Gasteiger partial charge in [-0.2, -0.15) is 0 Å². The molecule has 16 aromatic rings. The molecule has 0 fully saturated rings. The molecule has 360 valence electrons. The number of pyridine rings is 6. The van der Waals surface area contributed by atoms with Gasteiger partial charge in [0.2, 0.25) is 0 Å². The summed E-state index contributed by atoms with van der Waals surface area (Å²) in [5.41, 5.74) is 13.1. The molecule has 0 unspecified atom stereocenters. The van der Waals surface area contributed by atoms with Gasteiger partial charge in [-0.15, -0.1) is 0 Å². The van der Waals surface area contributed by atoms with Gasteiger partial charge >= 0.3 is 0 Å². The number of hydrogen-bond donors (Lipinski definition) is 0. The SMILES string of the molecule is c1ccc(-c2nc3c4cccnc4c4ncccc4c3nc2-c2nc(-c3nc4c5cccnc5c5ncccc5c4nc3-c3ccccc3)nc(-c3nc4c5cccnc5c5ncccc5c4nc3-c3ccccc3)n2)cc1. The highest BCUT2D eigenvalue weighted by molar-refractivity contribution is 6.23. The molecular formula is C63H33N15. The maximum absolute atomic E-state index is 5.60. The molecule has 0 N–H and O–H groups in total. The van der Waals surface area contributed by atoms with Gasteiger partial charge in [-0.3, -0.25) is 29.9 Å². The van der Waals surface area contributed by atoms with Crippen molar-refractivity contribution in [3.63, 3.8) is 0 Å². The topological polar surface area (TPSA) is 193 Å². The van der Waals surface area contributed by atoms with Crippen LogP contribution in [0.4, 0.5) is 0 Å². The van der Waals surface area contributed by atoms with Crippen molar-refractivity contribution in [2.24, 2.45) is 0 Å². The van der Waals surface area contributed by atoms with E-state index < -0.39 is 0 Å². The minimum atomic E-state index is 0.205. The van der Waals surface area contributed by atoms with Crippen LogP contribution in [0.3, 0.4) is 0 Å². The lowest BCUT2D eigenvalue weighted by atomic mass is 10.0. The van der Waals surface area contributed by atoms with Gasteiger partial charge in [-0.1, -0.05) is 91.0 Å². The molecule has 10 heterocycles. The summed E-state index contributed by atoms with van der Waals surface area (Å²) in [7, 11) is 0. The summed E-state index contributed by atoms with van der Waals surface area (Å²) in [4.78, 5) is 78.8. The van der Waals surface area contributed by atoms with Crippen LogP contribution in [0.2, 0.25) is 0 Å². The Kier molecular flexibility index (Phi) is 9.53. The van der Waals surface area contributed by atoms with Gasteiger partial charge in [0.1, 0.15) is 34.2 Å². The van der Waals surface area contributed by atoms with E-state index >= 15 is 0 Å². The van der Waals surface area contributed by atoms with Gasteiger partial charge in [0, 0.05) is 86.2 Å². The van der Waals surface area contributed by atoms with E-state index in [0.29, 0.717) is 83.8 Å². The zero-order chi connectivity index (χ0) is 51.3. The quantitative estimate of drug-likeness (QED) is 0.143. The van der Waals surface area contributed by atoms with E-state index in [2.05, 4.69) is 0 Å². The predicted molar refractivity (Wildman–Crippen MR) is 304 cm³/mol. The van der Waals surface area contributed by atoms with E-state index in [1.807, 2.05) is 164 Å². The Morgan fingerprint density at radius 1 is 0.167 bits per heavy atom. The molecule has 0 spiro atoms. The molecule has 0 radical (unpaired) electrons. The first-order valence-electron chi connectivity index (χ1n) is 25.1. The molecule has 16 rings (SSSR count). The summed E-state index contributed by atoms with van der Waals surface area (Å²) >= 11 is 0. The van der Waals surface area contributed by atoms with Crippen LogP contribution in [0.5, 0.6) is 0 Å². The highest BCUT2D eigenvalue weighted by Crippen LogP contribution is 2.42. The Morgan fingerprint density at radius 2 is 0.372 bits per heavy atom. The van der Waals surface area contributed by atoms with E-state index in [0.717, 1.165) is 65.6 Å². The number of hydrogen-bond acceptors (Lipinski definition) is 15. The zero-order valence-corrected chi connectivity index (χ0v) is 40.8. The summed E-state index contributed by atoms with van der Waals surface area (Å²) in [5, 5.41) is 4.72. The molecule has 0 aliphatic rings. The second-order valence-corrected chi connectivity index (χ2v) is 18.7. The first-order valence-corrected chi connectivity index (χ1v) is 25.1. The number of rotatable bonds is 6. The molecule has 0 atom stereocenters. The minimum Gasteiger partial charge on any atom is -0.254 e. The summed E-state index contributed by atoms with van der Waals surface area (Å²) < 4.78 is 0. The van der Waals surface area contributed by atoms with Crippen LogP contribution < -0.4 is 0 Å². The molecule has 0 saturated carbocycles. The number of benzene rings is 6. The highest BCUT2D eigenvalue weighted by atomic mass is 15.1. The largest absolute Gasteiger partial charge is 0.254 e. The third-order valence-corrected chi connectivity index (χ3v) is 14.1. The van der Waals surface area contributed by atoms with Crippen molar-refractivity contribution in [3.05, 3.63) is 201 Å². The Labute approximate surface area is 440 Å². The fourth-order valence-corrected chi connectivity index (χ4v) is 10.7. The molecule has 0 amide bonds. The van der Waals surface area contributed by atoms with Crippen molar-refractivity contribution in [3.8, 4) is 68.3 Å². The van der Waals surface area contributed by atoms with E-state index in [1.165, 1.54) is 0 Å². The Morgan fingerprint density at radius 3 is 0.590 bits per heavy atom. The number of fused-ring (bicyclic) bond motifs is 18. The molecule has 0 aliphatic heterocycles. The third-order valence-electron chi connectivity index (χ3n) is 14.1. The maximum atomic E-state index is 5.60. The van der Waals surface area contributed by atoms with E-state index in [4.69, 9.17) is 74.8 Å². The molecule has 0 saturated heterocycles. The average molecular weight is 1000 g/mol. The standard InChI is InChI=1S/C63H33N15/c1-4-16-34(17-5-1)43-58(73-55-40-25-13-31-67-49(40)46-37(52(55)70-43)22-10-28-64-46)61-76-62(59-44(35-18-6-2-7-19-35)71-53-38-23-11-29-65-47(38)50-41(56(53)74-59)26-14-32-68-50)78-63(77-61)60-45(36-20-8-3-9-21-36)72-54-39-24-12-30-66-48(39)51-42(57(54)75-60)27-15-33-69-51/h1-33H. The highest BCUT2D eigenvalue weighted by Gasteiger charge is 2.28. The lowest BCUT2D eigenvalue weighted by Crippen LogP contribution is -2.08. The lowest BCUT2D eigenvalue weighted by molar-refractivity contribution is 1.04. The van der Waals surface area contributed by atoms with Gasteiger partial charge in [-0.05, 0) is 72.8 Å². The fraction of sp³-hybridized carbons (Fsp3) is 0. The maximum Gasteiger partial charge on any atom is 0.184 e. The molecule has 6 aromatic carbocycles. The minimum absolute atomic E-state index is 0.205. The lowest BCUT2D eigenvalue weighted by Gasteiger charge is -2.16. The van der Waals surface area contributed by atoms with E-state index in [-0.39, 0.29) is 17.5 Å². The number of aromatic nitrogens is 15. The second kappa shape index (κ2) is 17.2. The van der Waals surface area contributed by atoms with Gasteiger partial charge in [0.05, 0.1) is 66.2 Å². The summed E-state index contributed by atoms with van der Waals surface area (Å²) in [6.45, 7) is 0. The Hall–Kier alpha value is -11.2. The van der Waals surface area contributed by atoms with Gasteiger partial charge < -0.3 is 0 Å². The van der Waals surface area contributed by atoms with Crippen molar-refractivity contribution in [2.75, 3.05) is 0 Å². The van der Waals surface area contributed by atoms with Crippen molar-refractivity contribution < 1.29 is 0 Å². The van der Waals surface area contributed by atoms with Crippen LogP contribution in [0.25, 0.3) is 167 Å². The van der Waals surface area contributed by atoms with Gasteiger partial charge in [0.15, 0.2) is 17.5 Å². The molecule has 10 aromatic heterocycles. The van der Waals surface area contributed by atoms with Gasteiger partial charge in [0.25, 0.3) is 0 Å². The summed E-state index contributed by atoms with van der Waals surface area (Å²) in [6.07, 6.45) is 10.6. The first kappa shape index (κ1) is 43.2. The molecule has 0 aliphatic carbocycles. The van der Waals surface area contributed by atoms with Crippen LogP contribution in [-0.4, -0.2) is 74.8 Å². The Bertz CT molecular complexity index is 4640. The van der Waals surface area contributed by atoms with Crippen LogP contribution in [0.15, 0.2) is 201 Å². The predicted octanol–water partition coefficient (Wildman–Crippen LogP) is 13.0. The third kappa shape index (κ3) is 6.68. The van der Waals surface area contributed by atoms with Crippen LogP contribution in [-0.2, 0) is 0 Å². The van der Waals surface area contributed by atoms with Crippen molar-refractivity contribution in [1.82, 2.24) is 74.8 Å². The molecule has 15 nitrogen and oxygen atoms in total. The van der Waals surface area contributed by atoms with Gasteiger partial charge in [-0.25, -0.2) is 44.9 Å². The monoisotopic (exact) mass is 999 g/mol. The van der Waals surface area contributed by atoms with Crippen LogP contribution in [0.1, 0.15) is 0 Å². The van der Waals surface area contributed by atoms with E-state index in [9.17, 15) is 0 Å². The summed E-state index contributed by atoms with van der Waals surface area (Å²) in [6, 6.07) is 53.2. The normalized spacial score (nSPS) is 11.8. The molecule has 0 bridgehead atoms. The Balaban J connectivity index is 1.08.